The first-order valence-corrected chi connectivity index (χ1v) is 5.37. The van der Waals surface area contributed by atoms with Gasteiger partial charge in [-0.25, -0.2) is 0 Å². The molecule has 1 aromatic rings. The Morgan fingerprint density at radius 1 is 1.44 bits per heavy atom. The van der Waals surface area contributed by atoms with Crippen LogP contribution in [0.5, 0.6) is 5.75 Å². The zero-order valence-corrected chi connectivity index (χ0v) is 9.76. The number of amides is 1. The monoisotopic (exact) mass is 220 g/mol. The molecule has 0 bridgehead atoms. The lowest BCUT2D eigenvalue weighted by atomic mass is 9.94. The van der Waals surface area contributed by atoms with Crippen molar-refractivity contribution in [1.82, 2.24) is 0 Å². The Bertz CT molecular complexity index is 431. The normalized spacial score (nSPS) is 23.1. The second kappa shape index (κ2) is 3.70. The molecule has 0 fully saturated rings. The van der Waals surface area contributed by atoms with Crippen molar-refractivity contribution in [3.63, 3.8) is 0 Å². The third-order valence-corrected chi connectivity index (χ3v) is 3.10. The molecule has 16 heavy (non-hydrogen) atoms. The fourth-order valence-corrected chi connectivity index (χ4v) is 1.79. The maximum absolute atomic E-state index is 11.9. The fraction of sp³-hybridized carbons (Fsp3) is 0.417. The van der Waals surface area contributed by atoms with E-state index in [0.717, 1.165) is 17.8 Å². The topological polar surface area (TPSA) is 50.4 Å². The average Bonchev–Trinajstić information content (AvgIpc) is 2.30. The summed E-state index contributed by atoms with van der Waals surface area (Å²) in [6.07, 6.45) is 0.732. The van der Waals surface area contributed by atoms with Crippen LogP contribution >= 0.6 is 0 Å². The van der Waals surface area contributed by atoms with Crippen LogP contribution in [-0.2, 0) is 4.79 Å². The summed E-state index contributed by atoms with van der Waals surface area (Å²) in [5, 5.41) is 6.15. The zero-order valence-electron chi connectivity index (χ0n) is 9.76. The molecule has 0 aliphatic carbocycles. The van der Waals surface area contributed by atoms with Gasteiger partial charge in [-0.3, -0.25) is 4.79 Å². The van der Waals surface area contributed by atoms with Crippen molar-refractivity contribution in [3.8, 4) is 5.75 Å². The van der Waals surface area contributed by atoms with Gasteiger partial charge in [0.25, 0.3) is 0 Å². The van der Waals surface area contributed by atoms with Crippen LogP contribution in [0.1, 0.15) is 20.3 Å². The Hall–Kier alpha value is -1.71. The van der Waals surface area contributed by atoms with E-state index in [-0.39, 0.29) is 5.91 Å². The third-order valence-electron chi connectivity index (χ3n) is 3.10. The Balaban J connectivity index is 2.46. The van der Waals surface area contributed by atoms with Crippen LogP contribution in [0.2, 0.25) is 0 Å². The highest BCUT2D eigenvalue weighted by molar-refractivity contribution is 6.07. The van der Waals surface area contributed by atoms with Gasteiger partial charge in [-0.15, -0.1) is 0 Å². The van der Waals surface area contributed by atoms with Gasteiger partial charge in [0.1, 0.15) is 17.0 Å². The van der Waals surface area contributed by atoms with Crippen LogP contribution in [0.25, 0.3) is 0 Å². The molecule has 4 nitrogen and oxygen atoms in total. The van der Waals surface area contributed by atoms with E-state index in [1.807, 2.05) is 32.0 Å². The number of fused-ring (bicyclic) bond motifs is 1. The number of nitrogens with one attached hydrogen (secondary N) is 2. The number of para-hydroxylation sites is 1. The number of anilines is 2. The van der Waals surface area contributed by atoms with Crippen molar-refractivity contribution in [2.24, 2.45) is 0 Å². The quantitative estimate of drug-likeness (QED) is 0.803. The lowest BCUT2D eigenvalue weighted by Gasteiger charge is -2.35. The van der Waals surface area contributed by atoms with Crippen molar-refractivity contribution in [3.05, 3.63) is 18.2 Å². The molecule has 1 aliphatic rings. The van der Waals surface area contributed by atoms with E-state index in [9.17, 15) is 4.79 Å². The summed E-state index contributed by atoms with van der Waals surface area (Å²) < 4.78 is 5.21. The maximum atomic E-state index is 11.9. The first-order chi connectivity index (χ1) is 7.60. The molecule has 0 saturated carbocycles. The number of hydrogen-bond acceptors (Lipinski definition) is 3. The minimum atomic E-state index is -0.542. The molecule has 1 aromatic carbocycles. The van der Waals surface area contributed by atoms with Gasteiger partial charge in [0, 0.05) is 0 Å². The van der Waals surface area contributed by atoms with E-state index in [2.05, 4.69) is 10.6 Å². The lowest BCUT2D eigenvalue weighted by molar-refractivity contribution is -0.120. The Morgan fingerprint density at radius 3 is 2.81 bits per heavy atom. The first kappa shape index (κ1) is 10.8. The number of benzene rings is 1. The molecule has 2 N–H and O–H groups in total. The minimum absolute atomic E-state index is 0.0213. The molecular weight excluding hydrogens is 204 g/mol. The Kier molecular flexibility index (Phi) is 2.50. The molecule has 1 amide bonds. The average molecular weight is 220 g/mol. The van der Waals surface area contributed by atoms with Gasteiger partial charge in [0.2, 0.25) is 5.91 Å². The standard InChI is InChI=1S/C12H16N2O2/c1-4-12(2)11(15)13-10-8(14-12)6-5-7-9(10)16-3/h5-7,14H,4H2,1-3H3,(H,13,15). The SMILES string of the molecule is CCC1(C)Nc2cccc(OC)c2NC1=O. The van der Waals surface area contributed by atoms with Gasteiger partial charge in [-0.1, -0.05) is 13.0 Å². The van der Waals surface area contributed by atoms with Crippen LogP contribution in [0.3, 0.4) is 0 Å². The van der Waals surface area contributed by atoms with E-state index in [1.165, 1.54) is 0 Å². The maximum Gasteiger partial charge on any atom is 0.249 e. The molecule has 0 saturated heterocycles. The van der Waals surface area contributed by atoms with Crippen LogP contribution in [0.15, 0.2) is 18.2 Å². The molecule has 4 heteroatoms. The fourth-order valence-electron chi connectivity index (χ4n) is 1.79. The van der Waals surface area contributed by atoms with Crippen molar-refractivity contribution in [1.29, 1.82) is 0 Å². The molecule has 1 aliphatic heterocycles. The molecule has 86 valence electrons. The van der Waals surface area contributed by atoms with Crippen molar-refractivity contribution < 1.29 is 9.53 Å². The Morgan fingerprint density at radius 2 is 2.19 bits per heavy atom. The first-order valence-electron chi connectivity index (χ1n) is 5.37. The van der Waals surface area contributed by atoms with Gasteiger partial charge in [0.15, 0.2) is 0 Å². The van der Waals surface area contributed by atoms with E-state index < -0.39 is 5.54 Å². The van der Waals surface area contributed by atoms with Gasteiger partial charge >= 0.3 is 0 Å². The highest BCUT2D eigenvalue weighted by atomic mass is 16.5. The van der Waals surface area contributed by atoms with Gasteiger partial charge in [0.05, 0.1) is 12.8 Å². The van der Waals surface area contributed by atoms with Gasteiger partial charge in [-0.05, 0) is 25.5 Å². The summed E-state index contributed by atoms with van der Waals surface area (Å²) in [5.41, 5.74) is 1.09. The predicted octanol–water partition coefficient (Wildman–Crippen LogP) is 2.23. The number of hydrogen-bond donors (Lipinski definition) is 2. The molecule has 1 unspecified atom stereocenters. The highest BCUT2D eigenvalue weighted by Crippen LogP contribution is 2.38. The smallest absolute Gasteiger partial charge is 0.249 e. The third kappa shape index (κ3) is 1.50. The Labute approximate surface area is 95.0 Å². The summed E-state index contributed by atoms with van der Waals surface area (Å²) in [7, 11) is 1.59. The zero-order chi connectivity index (χ0) is 11.8. The van der Waals surface area contributed by atoms with Crippen LogP contribution in [0.4, 0.5) is 11.4 Å². The molecule has 0 aromatic heterocycles. The number of carbonyl (C=O) groups excluding carboxylic acids is 1. The number of rotatable bonds is 2. The number of methoxy groups -OCH3 is 1. The van der Waals surface area contributed by atoms with Crippen molar-refractivity contribution in [2.75, 3.05) is 17.7 Å². The summed E-state index contributed by atoms with van der Waals surface area (Å²) >= 11 is 0. The summed E-state index contributed by atoms with van der Waals surface area (Å²) in [5.74, 6) is 0.656. The summed E-state index contributed by atoms with van der Waals surface area (Å²) in [4.78, 5) is 11.9. The molecule has 0 spiro atoms. The van der Waals surface area contributed by atoms with Crippen molar-refractivity contribution >= 4 is 17.3 Å². The van der Waals surface area contributed by atoms with Gasteiger partial charge < -0.3 is 15.4 Å². The van der Waals surface area contributed by atoms with Crippen LogP contribution in [-0.4, -0.2) is 18.6 Å². The molecule has 2 rings (SSSR count). The molecule has 1 heterocycles. The van der Waals surface area contributed by atoms with Gasteiger partial charge in [-0.2, -0.15) is 0 Å². The van der Waals surface area contributed by atoms with Crippen LogP contribution in [0, 0.1) is 0 Å². The largest absolute Gasteiger partial charge is 0.494 e. The van der Waals surface area contributed by atoms with Crippen LogP contribution < -0.4 is 15.4 Å². The number of carbonyl (C=O) groups is 1. The van der Waals surface area contributed by atoms with E-state index in [4.69, 9.17) is 4.74 Å². The second-order valence-corrected chi connectivity index (χ2v) is 4.15. The lowest BCUT2D eigenvalue weighted by Crippen LogP contribution is -2.49. The van der Waals surface area contributed by atoms with E-state index >= 15 is 0 Å². The summed E-state index contributed by atoms with van der Waals surface area (Å²) in [6.45, 7) is 3.88. The molecular formula is C12H16N2O2. The predicted molar refractivity (Wildman–Crippen MR) is 63.9 cm³/mol. The highest BCUT2D eigenvalue weighted by Gasteiger charge is 2.36. The molecule has 1 atom stereocenters. The van der Waals surface area contributed by atoms with Crippen molar-refractivity contribution in [2.45, 2.75) is 25.8 Å². The minimum Gasteiger partial charge on any atom is -0.494 e. The summed E-state index contributed by atoms with van der Waals surface area (Å²) in [6, 6.07) is 5.67. The number of ether oxygens (including phenoxy) is 1. The molecule has 0 radical (unpaired) electrons. The second-order valence-electron chi connectivity index (χ2n) is 4.15. The van der Waals surface area contributed by atoms with E-state index in [1.54, 1.807) is 7.11 Å². The van der Waals surface area contributed by atoms with E-state index in [0.29, 0.717) is 5.75 Å².